The number of carbonyl (C=O) groups excluding carboxylic acids is 1. The third-order valence-electron chi connectivity index (χ3n) is 2.84. The van der Waals surface area contributed by atoms with Crippen LogP contribution in [0.1, 0.15) is 10.5 Å². The Kier molecular flexibility index (Phi) is 4.54. The van der Waals surface area contributed by atoms with Crippen LogP contribution in [-0.2, 0) is 7.05 Å². The number of nitrogens with zero attached hydrogens (tertiary/aromatic N) is 5. The van der Waals surface area contributed by atoms with Crippen LogP contribution in [0.25, 0.3) is 5.13 Å². The van der Waals surface area contributed by atoms with E-state index < -0.39 is 0 Å². The van der Waals surface area contributed by atoms with Gasteiger partial charge in [-0.15, -0.1) is 21.5 Å². The summed E-state index contributed by atoms with van der Waals surface area (Å²) >= 11 is 2.99. The lowest BCUT2D eigenvalue weighted by molar-refractivity contribution is 0.0952. The molecule has 1 N–H and O–H groups in total. The first kappa shape index (κ1) is 14.8. The van der Waals surface area contributed by atoms with Crippen LogP contribution in [0, 0.1) is 0 Å². The van der Waals surface area contributed by atoms with E-state index in [0.29, 0.717) is 12.2 Å². The zero-order valence-electron chi connectivity index (χ0n) is 11.8. The smallest absolute Gasteiger partial charge is 0.270 e. The van der Waals surface area contributed by atoms with Crippen molar-refractivity contribution in [2.45, 2.75) is 5.16 Å². The molecule has 7 nitrogen and oxygen atoms in total. The van der Waals surface area contributed by atoms with Gasteiger partial charge in [0.2, 0.25) is 0 Å². The number of thiazole rings is 1. The molecule has 22 heavy (non-hydrogen) atoms. The Morgan fingerprint density at radius 3 is 2.95 bits per heavy atom. The second kappa shape index (κ2) is 6.75. The Bertz CT molecular complexity index is 748. The van der Waals surface area contributed by atoms with Crippen molar-refractivity contribution in [3.05, 3.63) is 41.9 Å². The second-order valence-electron chi connectivity index (χ2n) is 4.43. The molecule has 0 saturated heterocycles. The number of rotatable bonds is 6. The fourth-order valence-corrected chi connectivity index (χ4v) is 3.26. The van der Waals surface area contributed by atoms with Gasteiger partial charge >= 0.3 is 0 Å². The minimum Gasteiger partial charge on any atom is -0.350 e. The third kappa shape index (κ3) is 3.37. The van der Waals surface area contributed by atoms with Crippen LogP contribution >= 0.6 is 23.1 Å². The Balaban J connectivity index is 1.49. The number of thioether (sulfide) groups is 1. The zero-order chi connectivity index (χ0) is 15.4. The summed E-state index contributed by atoms with van der Waals surface area (Å²) in [6.45, 7) is 0.548. The zero-order valence-corrected chi connectivity index (χ0v) is 13.5. The highest BCUT2D eigenvalue weighted by Crippen LogP contribution is 2.15. The number of amides is 1. The van der Waals surface area contributed by atoms with E-state index in [9.17, 15) is 4.79 Å². The van der Waals surface area contributed by atoms with Gasteiger partial charge in [-0.05, 0) is 12.1 Å². The molecule has 0 atom stereocenters. The standard InChI is InChI=1S/C13H14N6OS2/c1-18-9-15-17-13(18)21-7-4-14-11(20)10-8-22-12(16-10)19-5-2-3-6-19/h2-3,5-6,8-9H,4,7H2,1H3,(H,14,20). The van der Waals surface area contributed by atoms with E-state index in [1.165, 1.54) is 11.3 Å². The van der Waals surface area contributed by atoms with Gasteiger partial charge in [-0.1, -0.05) is 11.8 Å². The Labute approximate surface area is 135 Å². The van der Waals surface area contributed by atoms with Crippen LogP contribution in [0.5, 0.6) is 0 Å². The lowest BCUT2D eigenvalue weighted by Gasteiger charge is -2.02. The van der Waals surface area contributed by atoms with Gasteiger partial charge in [0, 0.05) is 37.1 Å². The molecule has 0 bridgehead atoms. The quantitative estimate of drug-likeness (QED) is 0.547. The van der Waals surface area contributed by atoms with Gasteiger partial charge in [-0.3, -0.25) is 4.79 Å². The SMILES string of the molecule is Cn1cnnc1SCCNC(=O)c1csc(-n2cccc2)n1. The van der Waals surface area contributed by atoms with Crippen molar-refractivity contribution in [3.8, 4) is 5.13 Å². The number of hydrogen-bond donors (Lipinski definition) is 1. The molecule has 0 unspecified atom stereocenters. The van der Waals surface area contributed by atoms with Gasteiger partial charge in [-0.2, -0.15) is 0 Å². The lowest BCUT2D eigenvalue weighted by Crippen LogP contribution is -2.26. The summed E-state index contributed by atoms with van der Waals surface area (Å²) in [6, 6.07) is 3.84. The molecule has 0 aromatic carbocycles. The summed E-state index contributed by atoms with van der Waals surface area (Å²) in [6.07, 6.45) is 5.45. The molecular formula is C13H14N6OS2. The average Bonchev–Trinajstić information content (AvgIpc) is 3.24. The third-order valence-corrected chi connectivity index (χ3v) is 4.73. The first-order chi connectivity index (χ1) is 10.7. The molecule has 9 heteroatoms. The molecule has 0 aliphatic heterocycles. The van der Waals surface area contributed by atoms with Gasteiger partial charge in [0.1, 0.15) is 12.0 Å². The fraction of sp³-hybridized carbons (Fsp3) is 0.231. The van der Waals surface area contributed by atoms with E-state index in [1.54, 1.807) is 23.5 Å². The molecule has 0 aliphatic carbocycles. The summed E-state index contributed by atoms with van der Waals surface area (Å²) < 4.78 is 3.72. The van der Waals surface area contributed by atoms with Crippen molar-refractivity contribution in [2.24, 2.45) is 7.05 Å². The van der Waals surface area contributed by atoms with Crippen LogP contribution in [0.2, 0.25) is 0 Å². The number of aryl methyl sites for hydroxylation is 1. The average molecular weight is 334 g/mol. The van der Waals surface area contributed by atoms with Crippen LogP contribution in [0.4, 0.5) is 0 Å². The van der Waals surface area contributed by atoms with E-state index in [2.05, 4.69) is 20.5 Å². The summed E-state index contributed by atoms with van der Waals surface area (Å²) in [5.74, 6) is 0.570. The fourth-order valence-electron chi connectivity index (χ4n) is 1.75. The first-order valence-corrected chi connectivity index (χ1v) is 8.44. The van der Waals surface area contributed by atoms with Crippen LogP contribution in [0.15, 0.2) is 41.4 Å². The van der Waals surface area contributed by atoms with E-state index >= 15 is 0 Å². The highest BCUT2D eigenvalue weighted by atomic mass is 32.2. The van der Waals surface area contributed by atoms with Crippen molar-refractivity contribution in [1.29, 1.82) is 0 Å². The monoisotopic (exact) mass is 334 g/mol. The molecular weight excluding hydrogens is 320 g/mol. The summed E-state index contributed by atoms with van der Waals surface area (Å²) in [4.78, 5) is 16.4. The normalized spacial score (nSPS) is 10.8. The molecule has 3 aromatic rings. The van der Waals surface area contributed by atoms with Crippen LogP contribution < -0.4 is 5.32 Å². The summed E-state index contributed by atoms with van der Waals surface area (Å²) in [7, 11) is 1.89. The highest BCUT2D eigenvalue weighted by Gasteiger charge is 2.11. The predicted octanol–water partition coefficient (Wildman–Crippen LogP) is 1.58. The van der Waals surface area contributed by atoms with Gasteiger partial charge in [0.05, 0.1) is 0 Å². The van der Waals surface area contributed by atoms with Crippen molar-refractivity contribution in [1.82, 2.24) is 29.6 Å². The lowest BCUT2D eigenvalue weighted by atomic mass is 10.4. The Hall–Kier alpha value is -2.13. The van der Waals surface area contributed by atoms with Crippen molar-refractivity contribution in [3.63, 3.8) is 0 Å². The molecule has 0 aliphatic rings. The van der Waals surface area contributed by atoms with Crippen molar-refractivity contribution < 1.29 is 4.79 Å². The van der Waals surface area contributed by atoms with Gasteiger partial charge in [0.15, 0.2) is 10.3 Å². The number of nitrogens with one attached hydrogen (secondary N) is 1. The van der Waals surface area contributed by atoms with Gasteiger partial charge in [-0.25, -0.2) is 4.98 Å². The second-order valence-corrected chi connectivity index (χ2v) is 6.33. The molecule has 0 fully saturated rings. The molecule has 0 saturated carbocycles. The van der Waals surface area contributed by atoms with E-state index in [-0.39, 0.29) is 5.91 Å². The topological polar surface area (TPSA) is 77.6 Å². The van der Waals surface area contributed by atoms with Gasteiger partial charge < -0.3 is 14.5 Å². The molecule has 3 rings (SSSR count). The molecule has 3 heterocycles. The van der Waals surface area contributed by atoms with E-state index in [1.807, 2.05) is 40.7 Å². The van der Waals surface area contributed by atoms with E-state index in [0.717, 1.165) is 16.0 Å². The Morgan fingerprint density at radius 1 is 1.41 bits per heavy atom. The maximum absolute atomic E-state index is 12.0. The van der Waals surface area contributed by atoms with Crippen molar-refractivity contribution in [2.75, 3.05) is 12.3 Å². The maximum atomic E-state index is 12.0. The first-order valence-electron chi connectivity index (χ1n) is 6.58. The number of carbonyl (C=O) groups is 1. The number of hydrogen-bond acceptors (Lipinski definition) is 6. The largest absolute Gasteiger partial charge is 0.350 e. The highest BCUT2D eigenvalue weighted by molar-refractivity contribution is 7.99. The van der Waals surface area contributed by atoms with E-state index in [4.69, 9.17) is 0 Å². The summed E-state index contributed by atoms with van der Waals surface area (Å²) in [5, 5.41) is 14.0. The summed E-state index contributed by atoms with van der Waals surface area (Å²) in [5.41, 5.74) is 0.442. The van der Waals surface area contributed by atoms with Crippen molar-refractivity contribution >= 4 is 29.0 Å². The molecule has 0 spiro atoms. The predicted molar refractivity (Wildman–Crippen MR) is 85.5 cm³/mol. The number of aromatic nitrogens is 5. The molecule has 0 radical (unpaired) electrons. The molecule has 114 valence electrons. The molecule has 1 amide bonds. The minimum atomic E-state index is -0.159. The van der Waals surface area contributed by atoms with Crippen LogP contribution in [0.3, 0.4) is 0 Å². The molecule has 3 aromatic heterocycles. The minimum absolute atomic E-state index is 0.159. The van der Waals surface area contributed by atoms with Crippen LogP contribution in [-0.4, -0.2) is 42.5 Å². The Morgan fingerprint density at radius 2 is 2.23 bits per heavy atom. The van der Waals surface area contributed by atoms with Gasteiger partial charge in [0.25, 0.3) is 5.91 Å². The maximum Gasteiger partial charge on any atom is 0.270 e.